The summed E-state index contributed by atoms with van der Waals surface area (Å²) in [6.45, 7) is 4.93. The summed E-state index contributed by atoms with van der Waals surface area (Å²) in [7, 11) is 0. The molecule has 2 rings (SSSR count). The maximum absolute atomic E-state index is 6.03. The molecule has 1 heterocycles. The molecule has 1 saturated carbocycles. The summed E-state index contributed by atoms with van der Waals surface area (Å²) < 4.78 is 6.03. The van der Waals surface area contributed by atoms with Crippen LogP contribution in [0.4, 0.5) is 0 Å². The molecule has 19 heavy (non-hydrogen) atoms. The number of ether oxygens (including phenoxy) is 1. The van der Waals surface area contributed by atoms with Gasteiger partial charge in [0.2, 0.25) is 0 Å². The monoisotopic (exact) mass is 262 g/mol. The molecule has 0 amide bonds. The maximum atomic E-state index is 6.03. The van der Waals surface area contributed by atoms with Crippen molar-refractivity contribution in [3.63, 3.8) is 0 Å². The Balaban J connectivity index is 1.84. The van der Waals surface area contributed by atoms with E-state index in [2.05, 4.69) is 17.2 Å². The quantitative estimate of drug-likeness (QED) is 0.763. The highest BCUT2D eigenvalue weighted by molar-refractivity contribution is 5.29. The summed E-state index contributed by atoms with van der Waals surface area (Å²) in [5.41, 5.74) is 1.17. The molecule has 0 aromatic carbocycles. The van der Waals surface area contributed by atoms with Crippen molar-refractivity contribution in [2.45, 2.75) is 52.0 Å². The summed E-state index contributed by atoms with van der Waals surface area (Å²) in [5.74, 6) is 1.75. The fraction of sp³-hybridized carbons (Fsp3) is 0.688. The van der Waals surface area contributed by atoms with Crippen molar-refractivity contribution >= 4 is 0 Å². The first kappa shape index (κ1) is 14.3. The van der Waals surface area contributed by atoms with Crippen LogP contribution in [0.1, 0.15) is 51.0 Å². The van der Waals surface area contributed by atoms with Crippen molar-refractivity contribution in [3.8, 4) is 5.75 Å². The van der Waals surface area contributed by atoms with Crippen LogP contribution in [0.2, 0.25) is 0 Å². The first-order valence-corrected chi connectivity index (χ1v) is 7.66. The highest BCUT2D eigenvalue weighted by Gasteiger charge is 2.14. The van der Waals surface area contributed by atoms with Gasteiger partial charge in [0.1, 0.15) is 5.75 Å². The first-order chi connectivity index (χ1) is 9.40. The third-order valence-corrected chi connectivity index (χ3v) is 3.80. The molecular weight excluding hydrogens is 236 g/mol. The summed E-state index contributed by atoms with van der Waals surface area (Å²) in [4.78, 5) is 4.20. The predicted octanol–water partition coefficient (Wildman–Crippen LogP) is 3.54. The van der Waals surface area contributed by atoms with Crippen molar-refractivity contribution < 1.29 is 4.74 Å². The second-order valence-electron chi connectivity index (χ2n) is 5.48. The maximum Gasteiger partial charge on any atom is 0.126 e. The largest absolute Gasteiger partial charge is 0.493 e. The van der Waals surface area contributed by atoms with Gasteiger partial charge in [0.15, 0.2) is 0 Å². The Kier molecular flexibility index (Phi) is 6.15. The van der Waals surface area contributed by atoms with Gasteiger partial charge in [0.05, 0.1) is 6.61 Å². The number of nitrogens with one attached hydrogen (secondary N) is 1. The van der Waals surface area contributed by atoms with Crippen LogP contribution in [0, 0.1) is 5.92 Å². The van der Waals surface area contributed by atoms with Crippen LogP contribution in [0.3, 0.4) is 0 Å². The fourth-order valence-electron chi connectivity index (χ4n) is 2.65. The first-order valence-electron chi connectivity index (χ1n) is 7.66. The van der Waals surface area contributed by atoms with Crippen LogP contribution in [0.25, 0.3) is 0 Å². The molecule has 1 aliphatic carbocycles. The Bertz CT molecular complexity index is 362. The predicted molar refractivity (Wildman–Crippen MR) is 78.3 cm³/mol. The Morgan fingerprint density at radius 1 is 1.32 bits per heavy atom. The van der Waals surface area contributed by atoms with Gasteiger partial charge in [0, 0.05) is 24.5 Å². The number of aromatic nitrogens is 1. The van der Waals surface area contributed by atoms with Gasteiger partial charge in [-0.1, -0.05) is 26.2 Å². The van der Waals surface area contributed by atoms with E-state index in [1.165, 1.54) is 37.7 Å². The van der Waals surface area contributed by atoms with E-state index in [-0.39, 0.29) is 0 Å². The van der Waals surface area contributed by atoms with Crippen molar-refractivity contribution in [1.82, 2.24) is 10.3 Å². The highest BCUT2D eigenvalue weighted by atomic mass is 16.5. The molecule has 0 aliphatic heterocycles. The SMILES string of the molecule is CCCNCc1cnccc1OCC1CCCCC1. The van der Waals surface area contributed by atoms with Gasteiger partial charge >= 0.3 is 0 Å². The van der Waals surface area contributed by atoms with Crippen molar-refractivity contribution in [1.29, 1.82) is 0 Å². The lowest BCUT2D eigenvalue weighted by Crippen LogP contribution is -2.18. The van der Waals surface area contributed by atoms with E-state index in [1.54, 1.807) is 0 Å². The van der Waals surface area contributed by atoms with Gasteiger partial charge in [-0.3, -0.25) is 4.98 Å². The number of hydrogen-bond donors (Lipinski definition) is 1. The minimum Gasteiger partial charge on any atom is -0.493 e. The van der Waals surface area contributed by atoms with E-state index >= 15 is 0 Å². The number of nitrogens with zero attached hydrogens (tertiary/aromatic N) is 1. The summed E-state index contributed by atoms with van der Waals surface area (Å²) in [6.07, 6.45) is 11.7. The lowest BCUT2D eigenvalue weighted by Gasteiger charge is -2.22. The minimum atomic E-state index is 0.748. The van der Waals surface area contributed by atoms with Gasteiger partial charge in [-0.05, 0) is 37.8 Å². The normalized spacial score (nSPS) is 16.5. The van der Waals surface area contributed by atoms with E-state index in [0.29, 0.717) is 0 Å². The number of pyridine rings is 1. The van der Waals surface area contributed by atoms with E-state index in [4.69, 9.17) is 4.74 Å². The fourth-order valence-corrected chi connectivity index (χ4v) is 2.65. The average molecular weight is 262 g/mol. The molecular formula is C16H26N2O. The number of hydrogen-bond acceptors (Lipinski definition) is 3. The van der Waals surface area contributed by atoms with Gasteiger partial charge in [-0.25, -0.2) is 0 Å². The van der Waals surface area contributed by atoms with Crippen LogP contribution in [-0.4, -0.2) is 18.1 Å². The molecule has 3 heteroatoms. The molecule has 0 saturated heterocycles. The highest BCUT2D eigenvalue weighted by Crippen LogP contribution is 2.25. The number of rotatable bonds is 7. The lowest BCUT2D eigenvalue weighted by atomic mass is 9.90. The molecule has 1 aromatic heterocycles. The average Bonchev–Trinajstić information content (AvgIpc) is 2.48. The van der Waals surface area contributed by atoms with Gasteiger partial charge in [-0.15, -0.1) is 0 Å². The van der Waals surface area contributed by atoms with E-state index in [0.717, 1.165) is 37.8 Å². The topological polar surface area (TPSA) is 34.2 Å². The van der Waals surface area contributed by atoms with Gasteiger partial charge in [-0.2, -0.15) is 0 Å². The molecule has 3 nitrogen and oxygen atoms in total. The zero-order valence-corrected chi connectivity index (χ0v) is 12.0. The van der Waals surface area contributed by atoms with E-state index in [1.807, 2.05) is 18.5 Å². The molecule has 106 valence electrons. The lowest BCUT2D eigenvalue weighted by molar-refractivity contribution is 0.207. The molecule has 1 fully saturated rings. The van der Waals surface area contributed by atoms with Gasteiger partial charge in [0.25, 0.3) is 0 Å². The zero-order chi connectivity index (χ0) is 13.3. The molecule has 1 N–H and O–H groups in total. The van der Waals surface area contributed by atoms with Crippen LogP contribution in [0.15, 0.2) is 18.5 Å². The van der Waals surface area contributed by atoms with E-state index in [9.17, 15) is 0 Å². The van der Waals surface area contributed by atoms with Crippen LogP contribution < -0.4 is 10.1 Å². The Morgan fingerprint density at radius 3 is 2.95 bits per heavy atom. The summed E-state index contributed by atoms with van der Waals surface area (Å²) in [5, 5.41) is 3.41. The minimum absolute atomic E-state index is 0.748. The third kappa shape index (κ3) is 4.83. The van der Waals surface area contributed by atoms with E-state index < -0.39 is 0 Å². The molecule has 0 unspecified atom stereocenters. The van der Waals surface area contributed by atoms with Crippen molar-refractivity contribution in [3.05, 3.63) is 24.0 Å². The zero-order valence-electron chi connectivity index (χ0n) is 12.0. The third-order valence-electron chi connectivity index (χ3n) is 3.80. The second-order valence-corrected chi connectivity index (χ2v) is 5.48. The van der Waals surface area contributed by atoms with Crippen LogP contribution in [0.5, 0.6) is 5.75 Å². The smallest absolute Gasteiger partial charge is 0.126 e. The molecule has 0 atom stereocenters. The summed E-state index contributed by atoms with van der Waals surface area (Å²) >= 11 is 0. The molecule has 0 spiro atoms. The Labute approximate surface area is 116 Å². The molecule has 1 aliphatic rings. The van der Waals surface area contributed by atoms with Crippen LogP contribution in [-0.2, 0) is 6.54 Å². The van der Waals surface area contributed by atoms with Crippen molar-refractivity contribution in [2.24, 2.45) is 5.92 Å². The van der Waals surface area contributed by atoms with Crippen LogP contribution >= 0.6 is 0 Å². The second kappa shape index (κ2) is 8.16. The molecule has 0 radical (unpaired) electrons. The Hall–Kier alpha value is -1.09. The standard InChI is InChI=1S/C16H26N2O/c1-2-9-17-11-15-12-18-10-8-16(15)19-13-14-6-4-3-5-7-14/h8,10,12,14,17H,2-7,9,11,13H2,1H3. The summed E-state index contributed by atoms with van der Waals surface area (Å²) in [6, 6.07) is 1.99. The molecule has 0 bridgehead atoms. The van der Waals surface area contributed by atoms with Crippen molar-refractivity contribution in [2.75, 3.05) is 13.2 Å². The Morgan fingerprint density at radius 2 is 2.16 bits per heavy atom. The van der Waals surface area contributed by atoms with Gasteiger partial charge < -0.3 is 10.1 Å². The molecule has 1 aromatic rings.